The van der Waals surface area contributed by atoms with E-state index in [1.807, 2.05) is 44.3 Å². The summed E-state index contributed by atoms with van der Waals surface area (Å²) in [5, 5.41) is 11.1. The molecule has 0 spiro atoms. The van der Waals surface area contributed by atoms with Crippen LogP contribution in [0.5, 0.6) is 0 Å². The van der Waals surface area contributed by atoms with Crippen molar-refractivity contribution < 1.29 is 5.11 Å². The largest absolute Gasteiger partial charge is 0.391 e. The summed E-state index contributed by atoms with van der Waals surface area (Å²) in [5.41, 5.74) is 8.16. The van der Waals surface area contributed by atoms with Crippen molar-refractivity contribution in [1.29, 1.82) is 0 Å². The smallest absolute Gasteiger partial charge is 0.0755 e. The molecule has 1 aromatic heterocycles. The molecule has 17 heavy (non-hydrogen) atoms. The van der Waals surface area contributed by atoms with E-state index in [0.717, 1.165) is 16.5 Å². The molecule has 2 rings (SSSR count). The van der Waals surface area contributed by atoms with Crippen LogP contribution < -0.4 is 5.73 Å². The number of hydrogen-bond donors (Lipinski definition) is 3. The van der Waals surface area contributed by atoms with Crippen LogP contribution in [-0.4, -0.2) is 16.2 Å². The fraction of sp³-hybridized carbons (Fsp3) is 0.385. The molecule has 3 nitrogen and oxygen atoms in total. The molecule has 0 saturated heterocycles. The fourth-order valence-electron chi connectivity index (χ4n) is 2.00. The predicted octanol–water partition coefficient (Wildman–Crippen LogP) is 2.61. The highest BCUT2D eigenvalue weighted by Crippen LogP contribution is 2.26. The Hall–Kier alpha value is -1.03. The average Bonchev–Trinajstić information content (AvgIpc) is 2.74. The maximum absolute atomic E-state index is 10.0. The Bertz CT molecular complexity index is 481. The number of aliphatic hydroxyl groups is 1. The molecule has 0 bridgehead atoms. The molecular weight excluding hydrogens is 236 g/mol. The van der Waals surface area contributed by atoms with E-state index >= 15 is 0 Å². The normalized spacial score (nSPS) is 14.6. The van der Waals surface area contributed by atoms with E-state index in [1.165, 1.54) is 0 Å². The van der Waals surface area contributed by atoms with Crippen molar-refractivity contribution in [3.8, 4) is 0 Å². The third-order valence-electron chi connectivity index (χ3n) is 3.04. The van der Waals surface area contributed by atoms with E-state index < -0.39 is 6.10 Å². The number of hydrogen-bond acceptors (Lipinski definition) is 2. The number of aromatic amines is 1. The topological polar surface area (TPSA) is 62.0 Å². The van der Waals surface area contributed by atoms with Crippen LogP contribution in [0.3, 0.4) is 0 Å². The highest BCUT2D eigenvalue weighted by atomic mass is 35.5. The van der Waals surface area contributed by atoms with Gasteiger partial charge < -0.3 is 15.8 Å². The number of nitrogens with two attached hydrogens (primary N) is 1. The zero-order valence-electron chi connectivity index (χ0n) is 10.1. The van der Waals surface area contributed by atoms with Gasteiger partial charge >= 0.3 is 0 Å². The summed E-state index contributed by atoms with van der Waals surface area (Å²) in [4.78, 5) is 3.15. The maximum Gasteiger partial charge on any atom is 0.0755 e. The Morgan fingerprint density at radius 3 is 2.59 bits per heavy atom. The van der Waals surface area contributed by atoms with Crippen LogP contribution in [0.15, 0.2) is 30.5 Å². The Labute approximate surface area is 107 Å². The first-order chi connectivity index (χ1) is 7.61. The molecule has 0 unspecified atom stereocenters. The molecule has 0 saturated carbocycles. The highest BCUT2D eigenvalue weighted by Gasteiger charge is 2.21. The molecule has 2 atom stereocenters. The van der Waals surface area contributed by atoms with Gasteiger partial charge in [0.15, 0.2) is 0 Å². The van der Waals surface area contributed by atoms with Crippen molar-refractivity contribution in [2.75, 3.05) is 0 Å². The summed E-state index contributed by atoms with van der Waals surface area (Å²) in [6.45, 7) is 3.95. The standard InChI is InChI=1S/C13H18N2O.ClH/c1-8(2)13(16)12(14)10-4-3-5-11-9(10)6-7-15-11;/h3-8,12-13,15-16H,14H2,1-2H3;1H/t12-,13+;/m1./s1. The van der Waals surface area contributed by atoms with Crippen LogP contribution in [0.1, 0.15) is 25.5 Å². The molecule has 0 amide bonds. The molecule has 4 N–H and O–H groups in total. The van der Waals surface area contributed by atoms with Crippen molar-refractivity contribution in [3.05, 3.63) is 36.0 Å². The van der Waals surface area contributed by atoms with Gasteiger partial charge in [-0.05, 0) is 23.6 Å². The van der Waals surface area contributed by atoms with Crippen LogP contribution in [-0.2, 0) is 0 Å². The molecule has 94 valence electrons. The molecule has 0 radical (unpaired) electrons. The van der Waals surface area contributed by atoms with Crippen LogP contribution in [0.25, 0.3) is 10.9 Å². The highest BCUT2D eigenvalue weighted by molar-refractivity contribution is 5.85. The van der Waals surface area contributed by atoms with E-state index in [-0.39, 0.29) is 24.4 Å². The lowest BCUT2D eigenvalue weighted by molar-refractivity contribution is 0.0984. The monoisotopic (exact) mass is 254 g/mol. The zero-order valence-corrected chi connectivity index (χ0v) is 10.9. The number of rotatable bonds is 3. The van der Waals surface area contributed by atoms with Crippen LogP contribution in [0, 0.1) is 5.92 Å². The summed E-state index contributed by atoms with van der Waals surface area (Å²) in [6.07, 6.45) is 1.38. The van der Waals surface area contributed by atoms with E-state index in [4.69, 9.17) is 5.73 Å². The summed E-state index contributed by atoms with van der Waals surface area (Å²) >= 11 is 0. The fourth-order valence-corrected chi connectivity index (χ4v) is 2.00. The van der Waals surface area contributed by atoms with Crippen molar-refractivity contribution in [1.82, 2.24) is 4.98 Å². The van der Waals surface area contributed by atoms with E-state index in [0.29, 0.717) is 0 Å². The average molecular weight is 255 g/mol. The summed E-state index contributed by atoms with van der Waals surface area (Å²) < 4.78 is 0. The second-order valence-corrected chi connectivity index (χ2v) is 4.55. The van der Waals surface area contributed by atoms with Crippen molar-refractivity contribution in [2.45, 2.75) is 26.0 Å². The van der Waals surface area contributed by atoms with Crippen LogP contribution in [0.2, 0.25) is 0 Å². The number of aromatic nitrogens is 1. The van der Waals surface area contributed by atoms with Gasteiger partial charge in [-0.15, -0.1) is 12.4 Å². The Morgan fingerprint density at radius 2 is 1.94 bits per heavy atom. The molecule has 0 aliphatic rings. The lowest BCUT2D eigenvalue weighted by Gasteiger charge is -2.23. The molecule has 0 aliphatic carbocycles. The van der Waals surface area contributed by atoms with Gasteiger partial charge in [-0.2, -0.15) is 0 Å². The van der Waals surface area contributed by atoms with Gasteiger partial charge in [0, 0.05) is 17.1 Å². The summed E-state index contributed by atoms with van der Waals surface area (Å²) in [6, 6.07) is 7.61. The van der Waals surface area contributed by atoms with Gasteiger partial charge in [0.05, 0.1) is 12.1 Å². The molecular formula is C13H19ClN2O. The lowest BCUT2D eigenvalue weighted by Crippen LogP contribution is -2.30. The Balaban J connectivity index is 0.00000144. The SMILES string of the molecule is CC(C)[C@H](O)[C@H](N)c1cccc2[nH]ccc12.Cl. The zero-order chi connectivity index (χ0) is 11.7. The first-order valence-electron chi connectivity index (χ1n) is 5.61. The minimum atomic E-state index is -0.513. The van der Waals surface area contributed by atoms with Gasteiger partial charge in [0.1, 0.15) is 0 Å². The van der Waals surface area contributed by atoms with Crippen molar-refractivity contribution >= 4 is 23.3 Å². The molecule has 1 aromatic carbocycles. The van der Waals surface area contributed by atoms with E-state index in [9.17, 15) is 5.11 Å². The number of nitrogens with one attached hydrogen (secondary N) is 1. The third-order valence-corrected chi connectivity index (χ3v) is 3.04. The quantitative estimate of drug-likeness (QED) is 0.789. The minimum Gasteiger partial charge on any atom is -0.391 e. The second-order valence-electron chi connectivity index (χ2n) is 4.55. The van der Waals surface area contributed by atoms with Gasteiger partial charge in [-0.25, -0.2) is 0 Å². The van der Waals surface area contributed by atoms with Crippen molar-refractivity contribution in [3.63, 3.8) is 0 Å². The molecule has 1 heterocycles. The summed E-state index contributed by atoms with van der Waals surface area (Å²) in [5.74, 6) is 0.157. The molecule has 4 heteroatoms. The minimum absolute atomic E-state index is 0. The van der Waals surface area contributed by atoms with E-state index in [1.54, 1.807) is 0 Å². The lowest BCUT2D eigenvalue weighted by atomic mass is 9.92. The van der Waals surface area contributed by atoms with Gasteiger partial charge in [0.25, 0.3) is 0 Å². The molecule has 0 aliphatic heterocycles. The van der Waals surface area contributed by atoms with Gasteiger partial charge in [0.2, 0.25) is 0 Å². The van der Waals surface area contributed by atoms with Crippen LogP contribution >= 0.6 is 12.4 Å². The Kier molecular flexibility index (Phi) is 4.57. The number of H-pyrrole nitrogens is 1. The number of fused-ring (bicyclic) bond motifs is 1. The molecule has 0 fully saturated rings. The maximum atomic E-state index is 10.0. The first-order valence-corrected chi connectivity index (χ1v) is 5.61. The summed E-state index contributed by atoms with van der Waals surface area (Å²) in [7, 11) is 0. The number of benzene rings is 1. The van der Waals surface area contributed by atoms with Crippen molar-refractivity contribution in [2.24, 2.45) is 11.7 Å². The van der Waals surface area contributed by atoms with Gasteiger partial charge in [-0.3, -0.25) is 0 Å². The first kappa shape index (κ1) is 14.0. The third kappa shape index (κ3) is 2.63. The van der Waals surface area contributed by atoms with Crippen LogP contribution in [0.4, 0.5) is 0 Å². The molecule has 2 aromatic rings. The number of aliphatic hydroxyl groups excluding tert-OH is 1. The Morgan fingerprint density at radius 1 is 1.24 bits per heavy atom. The predicted molar refractivity (Wildman–Crippen MR) is 73.3 cm³/mol. The second kappa shape index (κ2) is 5.54. The van der Waals surface area contributed by atoms with E-state index in [2.05, 4.69) is 4.98 Å². The van der Waals surface area contributed by atoms with Gasteiger partial charge in [-0.1, -0.05) is 26.0 Å². The number of halogens is 1.